The van der Waals surface area contributed by atoms with Crippen molar-refractivity contribution in [3.05, 3.63) is 46.8 Å². The van der Waals surface area contributed by atoms with E-state index in [1.807, 2.05) is 30.3 Å². The second-order valence-corrected chi connectivity index (χ2v) is 3.95. The van der Waals surface area contributed by atoms with E-state index in [9.17, 15) is 0 Å². The summed E-state index contributed by atoms with van der Waals surface area (Å²) in [7, 11) is 0. The van der Waals surface area contributed by atoms with Gasteiger partial charge in [-0.2, -0.15) is 5.26 Å². The first-order chi connectivity index (χ1) is 7.79. The number of nitriles is 1. The van der Waals surface area contributed by atoms with Crippen molar-refractivity contribution in [1.82, 2.24) is 9.97 Å². The molecule has 1 aromatic heterocycles. The van der Waals surface area contributed by atoms with Crippen LogP contribution in [0.4, 0.5) is 11.5 Å². The smallest absolute Gasteiger partial charge is 0.151 e. The van der Waals surface area contributed by atoms with Crippen LogP contribution in [0.3, 0.4) is 0 Å². The fourth-order valence-electron chi connectivity index (χ4n) is 1.21. The first-order valence-electron chi connectivity index (χ1n) is 4.52. The molecule has 1 N–H and O–H groups in total. The molecule has 0 saturated carbocycles. The van der Waals surface area contributed by atoms with E-state index in [4.69, 9.17) is 5.26 Å². The summed E-state index contributed by atoms with van der Waals surface area (Å²) in [5.74, 6) is 0.510. The minimum absolute atomic E-state index is 0.419. The third-order valence-corrected chi connectivity index (χ3v) is 2.41. The Bertz CT molecular complexity index is 548. The quantitative estimate of drug-likeness (QED) is 0.915. The summed E-state index contributed by atoms with van der Waals surface area (Å²) in [5, 5.41) is 11.9. The van der Waals surface area contributed by atoms with Crippen LogP contribution in [0.5, 0.6) is 0 Å². The molecule has 4 nitrogen and oxygen atoms in total. The van der Waals surface area contributed by atoms with Crippen molar-refractivity contribution in [3.8, 4) is 6.07 Å². The largest absolute Gasteiger partial charge is 0.339 e. The van der Waals surface area contributed by atoms with Crippen molar-refractivity contribution >= 4 is 27.4 Å². The SMILES string of the molecule is N#Cc1cncnc1Nc1cccc(Br)c1. The van der Waals surface area contributed by atoms with Crippen LogP contribution >= 0.6 is 15.9 Å². The Morgan fingerprint density at radius 1 is 1.38 bits per heavy atom. The summed E-state index contributed by atoms with van der Waals surface area (Å²) in [6, 6.07) is 9.66. The lowest BCUT2D eigenvalue weighted by atomic mass is 10.3. The fraction of sp³-hybridized carbons (Fsp3) is 0. The average Bonchev–Trinajstić information content (AvgIpc) is 2.30. The molecule has 0 fully saturated rings. The maximum Gasteiger partial charge on any atom is 0.151 e. The highest BCUT2D eigenvalue weighted by Crippen LogP contribution is 2.20. The van der Waals surface area contributed by atoms with E-state index in [0.29, 0.717) is 11.4 Å². The van der Waals surface area contributed by atoms with Gasteiger partial charge in [0, 0.05) is 10.2 Å². The van der Waals surface area contributed by atoms with E-state index in [-0.39, 0.29) is 0 Å². The Kier molecular flexibility index (Phi) is 3.13. The fourth-order valence-corrected chi connectivity index (χ4v) is 1.61. The van der Waals surface area contributed by atoms with Gasteiger partial charge in [-0.05, 0) is 18.2 Å². The number of nitrogens with zero attached hydrogens (tertiary/aromatic N) is 3. The van der Waals surface area contributed by atoms with E-state index in [1.165, 1.54) is 12.5 Å². The van der Waals surface area contributed by atoms with Gasteiger partial charge in [-0.3, -0.25) is 0 Å². The van der Waals surface area contributed by atoms with Gasteiger partial charge >= 0.3 is 0 Å². The van der Waals surface area contributed by atoms with E-state index >= 15 is 0 Å². The number of anilines is 2. The predicted molar refractivity (Wildman–Crippen MR) is 64.2 cm³/mol. The number of rotatable bonds is 2. The lowest BCUT2D eigenvalue weighted by Crippen LogP contribution is -1.97. The third-order valence-electron chi connectivity index (χ3n) is 1.92. The Morgan fingerprint density at radius 2 is 2.25 bits per heavy atom. The zero-order valence-electron chi connectivity index (χ0n) is 8.18. The summed E-state index contributed by atoms with van der Waals surface area (Å²) in [4.78, 5) is 7.81. The van der Waals surface area contributed by atoms with Gasteiger partial charge in [0.25, 0.3) is 0 Å². The highest BCUT2D eigenvalue weighted by Gasteiger charge is 2.03. The molecule has 2 aromatic rings. The predicted octanol–water partition coefficient (Wildman–Crippen LogP) is 2.85. The van der Waals surface area contributed by atoms with Gasteiger partial charge in [0.15, 0.2) is 5.82 Å². The van der Waals surface area contributed by atoms with Crippen LogP contribution in [0.15, 0.2) is 41.3 Å². The highest BCUT2D eigenvalue weighted by molar-refractivity contribution is 9.10. The molecule has 0 saturated heterocycles. The topological polar surface area (TPSA) is 61.6 Å². The number of benzene rings is 1. The molecule has 78 valence electrons. The number of nitrogens with one attached hydrogen (secondary N) is 1. The van der Waals surface area contributed by atoms with Crippen LogP contribution in [-0.2, 0) is 0 Å². The molecule has 0 spiro atoms. The minimum Gasteiger partial charge on any atom is -0.339 e. The number of hydrogen-bond acceptors (Lipinski definition) is 4. The summed E-state index contributed by atoms with van der Waals surface area (Å²) in [6.07, 6.45) is 2.88. The number of aromatic nitrogens is 2. The van der Waals surface area contributed by atoms with E-state index < -0.39 is 0 Å². The minimum atomic E-state index is 0.419. The molecule has 0 aliphatic heterocycles. The summed E-state index contributed by atoms with van der Waals surface area (Å²) in [5.41, 5.74) is 1.28. The van der Waals surface area contributed by atoms with Crippen LogP contribution in [0, 0.1) is 11.3 Å². The Labute approximate surface area is 101 Å². The first-order valence-corrected chi connectivity index (χ1v) is 5.31. The van der Waals surface area contributed by atoms with E-state index in [0.717, 1.165) is 10.2 Å². The summed E-state index contributed by atoms with van der Waals surface area (Å²) < 4.78 is 0.963. The molecule has 1 heterocycles. The second-order valence-electron chi connectivity index (χ2n) is 3.03. The zero-order valence-corrected chi connectivity index (χ0v) is 9.77. The number of hydrogen-bond donors (Lipinski definition) is 1. The first kappa shape index (κ1) is 10.6. The van der Waals surface area contributed by atoms with Crippen molar-refractivity contribution < 1.29 is 0 Å². The van der Waals surface area contributed by atoms with E-state index in [2.05, 4.69) is 31.2 Å². The van der Waals surface area contributed by atoms with Crippen LogP contribution in [0.25, 0.3) is 0 Å². The molecule has 0 radical (unpaired) electrons. The van der Waals surface area contributed by atoms with Crippen molar-refractivity contribution in [3.63, 3.8) is 0 Å². The molecular weight excluding hydrogens is 268 g/mol. The van der Waals surface area contributed by atoms with Gasteiger partial charge in [0.2, 0.25) is 0 Å². The maximum atomic E-state index is 8.87. The number of halogens is 1. The lowest BCUT2D eigenvalue weighted by molar-refractivity contribution is 1.15. The van der Waals surface area contributed by atoms with Gasteiger partial charge in [-0.1, -0.05) is 22.0 Å². The third kappa shape index (κ3) is 2.35. The van der Waals surface area contributed by atoms with Crippen molar-refractivity contribution in [2.45, 2.75) is 0 Å². The van der Waals surface area contributed by atoms with Crippen LogP contribution in [0.1, 0.15) is 5.56 Å². The van der Waals surface area contributed by atoms with Gasteiger partial charge < -0.3 is 5.32 Å². The maximum absolute atomic E-state index is 8.87. The lowest BCUT2D eigenvalue weighted by Gasteiger charge is -2.06. The molecular formula is C11H7BrN4. The van der Waals surface area contributed by atoms with Crippen molar-refractivity contribution in [2.24, 2.45) is 0 Å². The van der Waals surface area contributed by atoms with Crippen LogP contribution in [-0.4, -0.2) is 9.97 Å². The van der Waals surface area contributed by atoms with Crippen LogP contribution in [0.2, 0.25) is 0 Å². The molecule has 0 aliphatic carbocycles. The molecule has 0 atom stereocenters. The summed E-state index contributed by atoms with van der Waals surface area (Å²) in [6.45, 7) is 0. The second kappa shape index (κ2) is 4.73. The molecule has 0 bridgehead atoms. The Morgan fingerprint density at radius 3 is 3.00 bits per heavy atom. The highest BCUT2D eigenvalue weighted by atomic mass is 79.9. The molecule has 16 heavy (non-hydrogen) atoms. The zero-order chi connectivity index (χ0) is 11.4. The van der Waals surface area contributed by atoms with Gasteiger partial charge in [-0.15, -0.1) is 0 Å². The Balaban J connectivity index is 2.31. The molecule has 1 aromatic carbocycles. The van der Waals surface area contributed by atoms with E-state index in [1.54, 1.807) is 0 Å². The monoisotopic (exact) mass is 274 g/mol. The average molecular weight is 275 g/mol. The molecule has 0 aliphatic rings. The molecule has 0 unspecified atom stereocenters. The molecule has 2 rings (SSSR count). The van der Waals surface area contributed by atoms with Crippen LogP contribution < -0.4 is 5.32 Å². The molecule has 5 heteroatoms. The Hall–Kier alpha value is -1.93. The van der Waals surface area contributed by atoms with Gasteiger partial charge in [0.1, 0.15) is 18.0 Å². The summed E-state index contributed by atoms with van der Waals surface area (Å²) >= 11 is 3.37. The molecule has 0 amide bonds. The standard InChI is InChI=1S/C11H7BrN4/c12-9-2-1-3-10(4-9)16-11-8(5-13)6-14-7-15-11/h1-4,6-7H,(H,14,15,16). The van der Waals surface area contributed by atoms with Gasteiger partial charge in [-0.25, -0.2) is 9.97 Å². The van der Waals surface area contributed by atoms with Crippen molar-refractivity contribution in [2.75, 3.05) is 5.32 Å². The van der Waals surface area contributed by atoms with Gasteiger partial charge in [0.05, 0.1) is 6.20 Å². The van der Waals surface area contributed by atoms with Crippen molar-refractivity contribution in [1.29, 1.82) is 5.26 Å². The normalized spacial score (nSPS) is 9.50.